The lowest BCUT2D eigenvalue weighted by Gasteiger charge is -2.51. The maximum Gasteiger partial charge on any atom is 0.330 e. The van der Waals surface area contributed by atoms with E-state index in [2.05, 4.69) is 20.4 Å². The van der Waals surface area contributed by atoms with Crippen molar-refractivity contribution in [3.8, 4) is 0 Å². The molecule has 1 fully saturated rings. The number of carboxylic acid groups (broad SMARTS) is 2. The van der Waals surface area contributed by atoms with Gasteiger partial charge in [0.15, 0.2) is 21.2 Å². The second-order valence-electron chi connectivity index (χ2n) is 7.70. The van der Waals surface area contributed by atoms with E-state index < -0.39 is 41.2 Å². The van der Waals surface area contributed by atoms with E-state index in [-0.39, 0.29) is 28.7 Å². The summed E-state index contributed by atoms with van der Waals surface area (Å²) in [4.78, 5) is 63.9. The molecule has 5 N–H and O–H groups in total. The highest BCUT2D eigenvalue weighted by Gasteiger charge is 2.56. The number of nitrogen functional groups attached to an aromatic ring is 1. The monoisotopic (exact) mass is 584 g/mol. The van der Waals surface area contributed by atoms with Gasteiger partial charge in [-0.15, -0.1) is 34.4 Å². The number of aromatic nitrogens is 2. The van der Waals surface area contributed by atoms with E-state index in [1.54, 1.807) is 12.3 Å². The van der Waals surface area contributed by atoms with E-state index in [1.807, 2.05) is 0 Å². The Labute approximate surface area is 226 Å². The van der Waals surface area contributed by atoms with Crippen molar-refractivity contribution in [1.82, 2.24) is 20.2 Å². The van der Waals surface area contributed by atoms with Crippen LogP contribution in [0.25, 0.3) is 0 Å². The third-order valence-electron chi connectivity index (χ3n) is 5.30. The van der Waals surface area contributed by atoms with Crippen molar-refractivity contribution >= 4 is 80.8 Å². The van der Waals surface area contributed by atoms with Crippen molar-refractivity contribution in [3.63, 3.8) is 0 Å². The van der Waals surface area contributed by atoms with E-state index >= 15 is 0 Å². The number of nitrogens with zero attached hydrogens (tertiary/aromatic N) is 4. The molecule has 4 rings (SSSR count). The third kappa shape index (κ3) is 5.58. The van der Waals surface area contributed by atoms with Crippen LogP contribution in [0.4, 0.5) is 5.13 Å². The van der Waals surface area contributed by atoms with Crippen LogP contribution in [0.5, 0.6) is 0 Å². The zero-order valence-electron chi connectivity index (χ0n) is 19.2. The number of carboxylic acids is 2. The van der Waals surface area contributed by atoms with Gasteiger partial charge in [-0.1, -0.05) is 16.9 Å². The molecule has 0 bridgehead atoms. The first-order valence-corrected chi connectivity index (χ1v) is 14.1. The van der Waals surface area contributed by atoms with Gasteiger partial charge < -0.3 is 31.0 Å². The Hall–Kier alpha value is -3.15. The molecule has 0 saturated carbocycles. The molecule has 4 heterocycles. The highest BCUT2D eigenvalue weighted by atomic mass is 32.2. The number of aryl methyl sites for hydroxylation is 1. The summed E-state index contributed by atoms with van der Waals surface area (Å²) in [7, 11) is 1.26. The van der Waals surface area contributed by atoms with Gasteiger partial charge in [-0.3, -0.25) is 14.4 Å². The van der Waals surface area contributed by atoms with Crippen LogP contribution in [0.2, 0.25) is 0 Å². The summed E-state index contributed by atoms with van der Waals surface area (Å²) in [5, 5.41) is 28.0. The summed E-state index contributed by atoms with van der Waals surface area (Å²) in [6, 6.07) is -2.17. The van der Waals surface area contributed by atoms with Crippen LogP contribution in [0, 0.1) is 6.92 Å². The minimum Gasteiger partial charge on any atom is -0.481 e. The fraction of sp³-hybridized carbons (Fsp3) is 0.350. The highest BCUT2D eigenvalue weighted by Crippen LogP contribution is 2.42. The summed E-state index contributed by atoms with van der Waals surface area (Å²) in [6.45, 7) is 1.72. The molecule has 1 saturated heterocycles. The SMILES string of the molecule is CO/N=C(\C(=O)N[C@@H]1C(=O)N2C(C(=O)O)C(CSc3nc(C)c(CC(=O)O)s3)=CS[C@H]12)c1csc(N)n1. The van der Waals surface area contributed by atoms with Crippen LogP contribution in [-0.2, 0) is 30.4 Å². The number of thiazole rings is 2. The topological polar surface area (TPSA) is 197 Å². The van der Waals surface area contributed by atoms with E-state index in [0.717, 1.165) is 11.3 Å². The summed E-state index contributed by atoms with van der Waals surface area (Å²) in [6.07, 6.45) is -0.135. The van der Waals surface area contributed by atoms with Crippen molar-refractivity contribution in [2.24, 2.45) is 5.16 Å². The van der Waals surface area contributed by atoms with Gasteiger partial charge in [0.25, 0.3) is 5.91 Å². The zero-order valence-corrected chi connectivity index (χ0v) is 22.5. The lowest BCUT2D eigenvalue weighted by Crippen LogP contribution is -2.74. The number of anilines is 1. The number of oxime groups is 1. The number of nitrogens with two attached hydrogens (primary N) is 1. The number of rotatable bonds is 10. The maximum absolute atomic E-state index is 13.0. The summed E-state index contributed by atoms with van der Waals surface area (Å²) in [5.74, 6) is -3.17. The summed E-state index contributed by atoms with van der Waals surface area (Å²) >= 11 is 4.85. The Bertz CT molecular complexity index is 1320. The molecule has 13 nitrogen and oxygen atoms in total. The van der Waals surface area contributed by atoms with Crippen molar-refractivity contribution in [2.45, 2.75) is 35.1 Å². The van der Waals surface area contributed by atoms with Crippen molar-refractivity contribution in [2.75, 3.05) is 18.6 Å². The van der Waals surface area contributed by atoms with Crippen molar-refractivity contribution < 1.29 is 34.2 Å². The van der Waals surface area contributed by atoms with Crippen LogP contribution in [0.3, 0.4) is 0 Å². The average Bonchev–Trinajstić information content (AvgIpc) is 3.42. The lowest BCUT2D eigenvalue weighted by atomic mass is 9.98. The molecule has 37 heavy (non-hydrogen) atoms. The average molecular weight is 585 g/mol. The Balaban J connectivity index is 1.46. The molecule has 0 aromatic carbocycles. The number of carbonyl (C=O) groups excluding carboxylic acids is 2. The minimum absolute atomic E-state index is 0.135. The molecular weight excluding hydrogens is 565 g/mol. The van der Waals surface area contributed by atoms with Crippen LogP contribution < -0.4 is 11.1 Å². The van der Waals surface area contributed by atoms with Gasteiger partial charge in [-0.25, -0.2) is 14.8 Å². The van der Waals surface area contributed by atoms with Crippen LogP contribution in [-0.4, -0.2) is 84.9 Å². The van der Waals surface area contributed by atoms with Crippen LogP contribution >= 0.6 is 46.2 Å². The molecule has 2 amide bonds. The molecule has 0 spiro atoms. The predicted molar refractivity (Wildman–Crippen MR) is 139 cm³/mol. The number of amides is 2. The molecule has 3 atom stereocenters. The molecule has 2 aromatic heterocycles. The number of hydrogen-bond acceptors (Lipinski definition) is 13. The van der Waals surface area contributed by atoms with Gasteiger partial charge in [-0.05, 0) is 17.9 Å². The quantitative estimate of drug-likeness (QED) is 0.134. The molecule has 2 aliphatic rings. The predicted octanol–water partition coefficient (Wildman–Crippen LogP) is 0.997. The second-order valence-corrected chi connectivity index (χ2v) is 11.9. The molecule has 2 aliphatic heterocycles. The number of hydrogen-bond donors (Lipinski definition) is 4. The Morgan fingerprint density at radius 1 is 1.32 bits per heavy atom. The fourth-order valence-corrected chi connectivity index (χ4v) is 7.75. The molecule has 1 unspecified atom stereocenters. The molecule has 196 valence electrons. The summed E-state index contributed by atoms with van der Waals surface area (Å²) in [5.41, 5.74) is 6.76. The van der Waals surface area contributed by atoms with Gasteiger partial charge in [0, 0.05) is 16.0 Å². The van der Waals surface area contributed by atoms with E-state index in [4.69, 9.17) is 15.7 Å². The number of aliphatic carboxylic acids is 2. The van der Waals surface area contributed by atoms with Gasteiger partial charge in [0.1, 0.15) is 24.2 Å². The van der Waals surface area contributed by atoms with Gasteiger partial charge in [0.2, 0.25) is 5.91 Å². The number of fused-ring (bicyclic) bond motifs is 1. The van der Waals surface area contributed by atoms with Gasteiger partial charge in [-0.2, -0.15) is 0 Å². The molecule has 2 aromatic rings. The first kappa shape index (κ1) is 26.9. The molecule has 17 heteroatoms. The number of nitrogens with one attached hydrogen (secondary N) is 1. The number of thioether (sulfide) groups is 2. The fourth-order valence-electron chi connectivity index (χ4n) is 3.64. The number of carbonyl (C=O) groups is 4. The van der Waals surface area contributed by atoms with E-state index in [1.165, 1.54) is 52.3 Å². The standard InChI is InChI=1S/C20H20N6O7S4/c1-7-10(3-11(27)28)37-20(22-7)36-5-8-4-34-17-13(16(30)26(17)14(8)18(31)32)24-15(29)12(25-33-2)9-6-35-19(21)23-9/h4,6,13-14,17H,3,5H2,1-2H3,(H2,21,23)(H,24,29)(H,27,28)(H,31,32)/b25-12-/t13-,14?,17-/m1/s1. The summed E-state index contributed by atoms with van der Waals surface area (Å²) < 4.78 is 0.610. The van der Waals surface area contributed by atoms with E-state index in [9.17, 15) is 24.3 Å². The smallest absolute Gasteiger partial charge is 0.330 e. The van der Waals surface area contributed by atoms with Gasteiger partial charge >= 0.3 is 11.9 Å². The second kappa shape index (κ2) is 11.1. The first-order valence-electron chi connectivity index (χ1n) is 10.4. The molecule has 0 aliphatic carbocycles. The Morgan fingerprint density at radius 2 is 2.08 bits per heavy atom. The minimum atomic E-state index is -1.20. The van der Waals surface area contributed by atoms with Crippen LogP contribution in [0.15, 0.2) is 25.9 Å². The van der Waals surface area contributed by atoms with Crippen LogP contribution in [0.1, 0.15) is 16.3 Å². The van der Waals surface area contributed by atoms with E-state index in [0.29, 0.717) is 20.5 Å². The zero-order chi connectivity index (χ0) is 26.9. The van der Waals surface area contributed by atoms with Crippen molar-refractivity contribution in [3.05, 3.63) is 32.6 Å². The lowest BCUT2D eigenvalue weighted by molar-refractivity contribution is -0.159. The number of β-lactam (4-membered cyclic amide) rings is 1. The van der Waals surface area contributed by atoms with Crippen molar-refractivity contribution in [1.29, 1.82) is 0 Å². The third-order valence-corrected chi connectivity index (χ3v) is 9.56. The normalized spacial score (nSPS) is 21.1. The Kier molecular flexibility index (Phi) is 8.05. The largest absolute Gasteiger partial charge is 0.481 e. The first-order chi connectivity index (χ1) is 17.6. The Morgan fingerprint density at radius 3 is 2.70 bits per heavy atom. The molecule has 0 radical (unpaired) electrons. The highest BCUT2D eigenvalue weighted by molar-refractivity contribution is 8.03. The molecular formula is C20H20N6O7S4. The maximum atomic E-state index is 13.0. The van der Waals surface area contributed by atoms with Gasteiger partial charge in [0.05, 0.1) is 12.1 Å².